The molecule has 0 saturated heterocycles. The Bertz CT molecular complexity index is 3350. The van der Waals surface area contributed by atoms with Crippen LogP contribution >= 0.6 is 0 Å². The molecule has 2 aliphatic heterocycles. The highest BCUT2D eigenvalue weighted by Crippen LogP contribution is 2.54. The summed E-state index contributed by atoms with van der Waals surface area (Å²) in [5.74, 6) is 0. The Morgan fingerprint density at radius 1 is 0.438 bits per heavy atom. The minimum atomic E-state index is -0.0563. The molecular formula is C62H54N2. The van der Waals surface area contributed by atoms with Crippen molar-refractivity contribution in [1.29, 1.82) is 0 Å². The lowest BCUT2D eigenvalue weighted by Gasteiger charge is -2.35. The van der Waals surface area contributed by atoms with Gasteiger partial charge in [0.2, 0.25) is 0 Å². The predicted octanol–water partition coefficient (Wildman–Crippen LogP) is 16.2. The van der Waals surface area contributed by atoms with E-state index in [4.69, 9.17) is 0 Å². The van der Waals surface area contributed by atoms with Crippen molar-refractivity contribution in [2.75, 3.05) is 22.9 Å². The molecule has 13 rings (SSSR count). The van der Waals surface area contributed by atoms with Gasteiger partial charge in [0.15, 0.2) is 0 Å². The number of fused-ring (bicyclic) bond motifs is 9. The third-order valence-corrected chi connectivity index (χ3v) is 16.0. The van der Waals surface area contributed by atoms with E-state index in [0.29, 0.717) is 0 Å². The summed E-state index contributed by atoms with van der Waals surface area (Å²) in [6.45, 7) is 11.6. The van der Waals surface area contributed by atoms with Crippen molar-refractivity contribution in [3.05, 3.63) is 197 Å². The fourth-order valence-corrected chi connectivity index (χ4v) is 12.8. The number of aryl methyl sites for hydroxylation is 1. The maximum Gasteiger partial charge on any atom is 0.0443 e. The molecule has 0 aromatic heterocycles. The maximum absolute atomic E-state index is 2.65. The summed E-state index contributed by atoms with van der Waals surface area (Å²) in [6.07, 6.45) is 11.6. The highest BCUT2D eigenvalue weighted by Gasteiger charge is 2.37. The third-order valence-electron chi connectivity index (χ3n) is 16.0. The SMILES string of the molecule is CC1(C)c2ccccc2-c2cc(-c3c4ccc(N5CCCc6ccccc65)cc4c(-c4ccc5c(c4)-c4ccccc4C5(C)C)c4ccc(N5CCCC6=C5CCC=C6)cc34)ccc21. The Labute approximate surface area is 378 Å². The lowest BCUT2D eigenvalue weighted by molar-refractivity contribution is 0.660. The van der Waals surface area contributed by atoms with Gasteiger partial charge in [-0.15, -0.1) is 0 Å². The third kappa shape index (κ3) is 5.44. The highest BCUT2D eigenvalue weighted by atomic mass is 15.2. The molecule has 5 aliphatic rings. The number of hydrogen-bond donors (Lipinski definition) is 0. The maximum atomic E-state index is 2.65. The minimum Gasteiger partial charge on any atom is -0.345 e. The van der Waals surface area contributed by atoms with Crippen LogP contribution in [0.1, 0.15) is 87.6 Å². The van der Waals surface area contributed by atoms with Crippen molar-refractivity contribution in [3.63, 3.8) is 0 Å². The van der Waals surface area contributed by atoms with Crippen LogP contribution in [0.25, 0.3) is 66.1 Å². The topological polar surface area (TPSA) is 6.48 Å². The van der Waals surface area contributed by atoms with Crippen molar-refractivity contribution >= 4 is 38.6 Å². The first-order valence-corrected chi connectivity index (χ1v) is 23.8. The van der Waals surface area contributed by atoms with Crippen LogP contribution in [-0.4, -0.2) is 13.1 Å². The molecule has 0 atom stereocenters. The number of rotatable bonds is 4. The van der Waals surface area contributed by atoms with Crippen LogP contribution in [0.4, 0.5) is 17.1 Å². The first-order chi connectivity index (χ1) is 31.3. The standard InChI is InChI=1S/C62H54N2/c1-61(2)53-21-9-7-19-45(53)49-35-41(25-31-55(49)61)59-47-29-27-44(64-34-14-18-40-16-6-12-24-58(40)64)38-52(47)60(42-26-32-56-50(36-42)46-20-8-10-22-54(46)62(56,3)4)48-30-28-43(37-51(48)59)63-33-13-17-39-15-5-11-23-57(39)63/h5-11,15-16,19-23,25-32,35-38H,12-14,17-18,24,33-34H2,1-4H3. The molecule has 0 unspecified atom stereocenters. The van der Waals surface area contributed by atoms with Gasteiger partial charge >= 0.3 is 0 Å². The first kappa shape index (κ1) is 37.9. The zero-order chi connectivity index (χ0) is 42.9. The van der Waals surface area contributed by atoms with Gasteiger partial charge in [-0.2, -0.15) is 0 Å². The Morgan fingerprint density at radius 2 is 0.969 bits per heavy atom. The van der Waals surface area contributed by atoms with Crippen LogP contribution in [0.3, 0.4) is 0 Å². The Hall–Kier alpha value is -6.64. The second-order valence-electron chi connectivity index (χ2n) is 20.1. The van der Waals surface area contributed by atoms with Gasteiger partial charge in [0.05, 0.1) is 0 Å². The smallest absolute Gasteiger partial charge is 0.0443 e. The zero-order valence-corrected chi connectivity index (χ0v) is 37.6. The Morgan fingerprint density at radius 3 is 1.61 bits per heavy atom. The molecule has 3 aliphatic carbocycles. The van der Waals surface area contributed by atoms with E-state index in [-0.39, 0.29) is 10.8 Å². The molecule has 0 spiro atoms. The molecular weight excluding hydrogens is 773 g/mol. The molecule has 8 aromatic carbocycles. The summed E-state index contributed by atoms with van der Waals surface area (Å²) in [4.78, 5) is 5.23. The Kier molecular flexibility index (Phi) is 8.24. The molecule has 8 aromatic rings. The van der Waals surface area contributed by atoms with Crippen molar-refractivity contribution in [2.24, 2.45) is 0 Å². The van der Waals surface area contributed by atoms with Crippen molar-refractivity contribution in [1.82, 2.24) is 0 Å². The molecule has 2 heterocycles. The van der Waals surface area contributed by atoms with Crippen molar-refractivity contribution in [3.8, 4) is 44.5 Å². The molecule has 2 nitrogen and oxygen atoms in total. The average molecular weight is 827 g/mol. The van der Waals surface area contributed by atoms with E-state index in [0.717, 1.165) is 38.8 Å². The van der Waals surface area contributed by atoms with E-state index in [1.54, 1.807) is 0 Å². The largest absolute Gasteiger partial charge is 0.345 e. The van der Waals surface area contributed by atoms with Gasteiger partial charge in [-0.25, -0.2) is 0 Å². The van der Waals surface area contributed by atoms with Crippen LogP contribution in [0.2, 0.25) is 0 Å². The number of nitrogens with zero attached hydrogens (tertiary/aromatic N) is 2. The summed E-state index contributed by atoms with van der Waals surface area (Å²) in [6, 6.07) is 56.9. The van der Waals surface area contributed by atoms with Crippen molar-refractivity contribution < 1.29 is 0 Å². The predicted molar refractivity (Wildman–Crippen MR) is 271 cm³/mol. The molecule has 2 heteroatoms. The summed E-state index contributed by atoms with van der Waals surface area (Å²) in [5, 5.41) is 5.24. The van der Waals surface area contributed by atoms with Crippen LogP contribution in [-0.2, 0) is 17.3 Å². The average Bonchev–Trinajstić information content (AvgIpc) is 3.71. The number of anilines is 3. The number of hydrogen-bond acceptors (Lipinski definition) is 2. The number of allylic oxidation sites excluding steroid dienone is 4. The lowest BCUT2D eigenvalue weighted by Crippen LogP contribution is -2.29. The molecule has 312 valence electrons. The van der Waals surface area contributed by atoms with E-state index in [2.05, 4.69) is 195 Å². The van der Waals surface area contributed by atoms with Gasteiger partial charge in [0.1, 0.15) is 0 Å². The van der Waals surface area contributed by atoms with E-state index >= 15 is 0 Å². The molecule has 0 radical (unpaired) electrons. The highest BCUT2D eigenvalue weighted by molar-refractivity contribution is 6.23. The van der Waals surface area contributed by atoms with Gasteiger partial charge in [-0.1, -0.05) is 143 Å². The van der Waals surface area contributed by atoms with Crippen LogP contribution in [0.5, 0.6) is 0 Å². The molecule has 0 N–H and O–H groups in total. The molecule has 0 saturated carbocycles. The van der Waals surface area contributed by atoms with E-state index in [1.165, 1.54) is 135 Å². The van der Waals surface area contributed by atoms with Crippen molar-refractivity contribution in [2.45, 2.75) is 77.0 Å². The summed E-state index contributed by atoms with van der Waals surface area (Å²) in [7, 11) is 0. The quantitative estimate of drug-likeness (QED) is 0.163. The van der Waals surface area contributed by atoms with E-state index in [1.807, 2.05) is 0 Å². The molecule has 0 bridgehead atoms. The normalized spacial score (nSPS) is 17.6. The van der Waals surface area contributed by atoms with Crippen LogP contribution in [0, 0.1) is 0 Å². The van der Waals surface area contributed by atoms with Crippen LogP contribution < -0.4 is 9.80 Å². The molecule has 0 fully saturated rings. The minimum absolute atomic E-state index is 0.0554. The molecule has 0 amide bonds. The number of para-hydroxylation sites is 1. The van der Waals surface area contributed by atoms with Gasteiger partial charge in [0, 0.05) is 46.7 Å². The zero-order valence-electron chi connectivity index (χ0n) is 37.6. The van der Waals surface area contributed by atoms with Gasteiger partial charge in [0.25, 0.3) is 0 Å². The van der Waals surface area contributed by atoms with Gasteiger partial charge < -0.3 is 9.80 Å². The Balaban J connectivity index is 1.12. The fraction of sp³-hybridized carbons (Fsp3) is 0.226. The van der Waals surface area contributed by atoms with Gasteiger partial charge in [-0.3, -0.25) is 0 Å². The summed E-state index contributed by atoms with van der Waals surface area (Å²) >= 11 is 0. The monoisotopic (exact) mass is 826 g/mol. The van der Waals surface area contributed by atoms with Crippen LogP contribution in [0.15, 0.2) is 169 Å². The first-order valence-electron chi connectivity index (χ1n) is 23.8. The summed E-state index contributed by atoms with van der Waals surface area (Å²) in [5.41, 5.74) is 24.6. The number of benzene rings is 8. The second-order valence-corrected chi connectivity index (χ2v) is 20.1. The van der Waals surface area contributed by atoms with E-state index < -0.39 is 0 Å². The fourth-order valence-electron chi connectivity index (χ4n) is 12.8. The van der Waals surface area contributed by atoms with E-state index in [9.17, 15) is 0 Å². The second kappa shape index (κ2) is 13.9. The summed E-state index contributed by atoms with van der Waals surface area (Å²) < 4.78 is 0. The lowest BCUT2D eigenvalue weighted by atomic mass is 9.80. The molecule has 64 heavy (non-hydrogen) atoms. The van der Waals surface area contributed by atoms with Gasteiger partial charge in [-0.05, 0) is 180 Å².